The largest absolute Gasteiger partial charge is 0.289 e. The Labute approximate surface area is 172 Å². The molecule has 0 aliphatic heterocycles. The molecule has 2 aromatic heterocycles. The van der Waals surface area contributed by atoms with Crippen LogP contribution in [-0.4, -0.2) is 21.7 Å². The second-order valence-corrected chi connectivity index (χ2v) is 8.38. The van der Waals surface area contributed by atoms with Gasteiger partial charge in [0.25, 0.3) is 11.5 Å². The van der Waals surface area contributed by atoms with Gasteiger partial charge in [-0.05, 0) is 42.4 Å². The molecule has 148 valence electrons. The van der Waals surface area contributed by atoms with Crippen LogP contribution in [0.1, 0.15) is 29.3 Å². The standard InChI is InChI=1S/C22H22N4O2S/c1-15-9-10-17-18(12-15)29-21-20(17)22(28)26(14-23-21)13-19(27)25-24-11-5-8-16-6-3-2-4-7-16/h2-8,11,14-15H,9-10,12-13H2,1H3,(H,25,27)/b8-5+,24-11-. The summed E-state index contributed by atoms with van der Waals surface area (Å²) in [6, 6.07) is 9.80. The van der Waals surface area contributed by atoms with Gasteiger partial charge >= 0.3 is 0 Å². The van der Waals surface area contributed by atoms with Crippen LogP contribution < -0.4 is 11.0 Å². The average Bonchev–Trinajstić information content (AvgIpc) is 3.09. The van der Waals surface area contributed by atoms with Crippen LogP contribution in [0.2, 0.25) is 0 Å². The number of carbonyl (C=O) groups is 1. The number of aryl methyl sites for hydroxylation is 1. The van der Waals surface area contributed by atoms with E-state index in [1.807, 2.05) is 36.4 Å². The van der Waals surface area contributed by atoms with E-state index in [0.29, 0.717) is 11.3 Å². The molecule has 6 nitrogen and oxygen atoms in total. The minimum atomic E-state index is -0.365. The van der Waals surface area contributed by atoms with Crippen LogP contribution in [0.3, 0.4) is 0 Å². The van der Waals surface area contributed by atoms with Crippen LogP contribution in [0.5, 0.6) is 0 Å². The number of aromatic nitrogens is 2. The van der Waals surface area contributed by atoms with Crippen molar-refractivity contribution in [3.63, 3.8) is 0 Å². The van der Waals surface area contributed by atoms with Crippen molar-refractivity contribution < 1.29 is 4.79 Å². The zero-order valence-electron chi connectivity index (χ0n) is 16.2. The zero-order valence-corrected chi connectivity index (χ0v) is 17.0. The Balaban J connectivity index is 1.43. The number of nitrogens with one attached hydrogen (secondary N) is 1. The monoisotopic (exact) mass is 406 g/mol. The van der Waals surface area contributed by atoms with Crippen molar-refractivity contribution in [2.24, 2.45) is 11.0 Å². The molecule has 0 spiro atoms. The van der Waals surface area contributed by atoms with E-state index in [2.05, 4.69) is 22.4 Å². The molecular weight excluding hydrogens is 384 g/mol. The highest BCUT2D eigenvalue weighted by atomic mass is 32.1. The summed E-state index contributed by atoms with van der Waals surface area (Å²) in [6.07, 6.45) is 9.58. The number of nitrogens with zero attached hydrogens (tertiary/aromatic N) is 3. The summed E-state index contributed by atoms with van der Waals surface area (Å²) in [5.74, 6) is 0.271. The molecule has 0 saturated heterocycles. The molecule has 1 unspecified atom stereocenters. The molecule has 0 radical (unpaired) electrons. The van der Waals surface area contributed by atoms with E-state index in [1.165, 1.54) is 22.0 Å². The quantitative estimate of drug-likeness (QED) is 0.521. The maximum atomic E-state index is 12.9. The van der Waals surface area contributed by atoms with E-state index < -0.39 is 0 Å². The van der Waals surface area contributed by atoms with Crippen LogP contribution in [-0.2, 0) is 24.2 Å². The molecule has 1 amide bonds. The molecule has 1 atom stereocenters. The SMILES string of the molecule is CC1CCc2c(sc3ncn(CC(=O)N/N=C\C=C\c4ccccc4)c(=O)c23)C1. The molecule has 0 fully saturated rings. The number of carbonyl (C=O) groups excluding carboxylic acids is 1. The van der Waals surface area contributed by atoms with Crippen LogP contribution in [0.25, 0.3) is 16.3 Å². The van der Waals surface area contributed by atoms with Gasteiger partial charge in [0.05, 0.1) is 11.7 Å². The molecule has 2 heterocycles. The van der Waals surface area contributed by atoms with Crippen LogP contribution >= 0.6 is 11.3 Å². The number of amides is 1. The molecule has 3 aromatic rings. The predicted molar refractivity (Wildman–Crippen MR) is 117 cm³/mol. The maximum absolute atomic E-state index is 12.9. The van der Waals surface area contributed by atoms with Crippen LogP contribution in [0.4, 0.5) is 0 Å². The number of hydrazone groups is 1. The summed E-state index contributed by atoms with van der Waals surface area (Å²) in [4.78, 5) is 31.5. The third-order valence-electron chi connectivity index (χ3n) is 5.03. The van der Waals surface area contributed by atoms with Crippen LogP contribution in [0.15, 0.2) is 52.6 Å². The van der Waals surface area contributed by atoms with Gasteiger partial charge in [0.15, 0.2) is 0 Å². The lowest BCUT2D eigenvalue weighted by Gasteiger charge is -2.17. The highest BCUT2D eigenvalue weighted by molar-refractivity contribution is 7.18. The lowest BCUT2D eigenvalue weighted by Crippen LogP contribution is -2.30. The van der Waals surface area contributed by atoms with Crippen molar-refractivity contribution in [2.75, 3.05) is 0 Å². The third-order valence-corrected chi connectivity index (χ3v) is 6.20. The molecule has 1 N–H and O–H groups in total. The van der Waals surface area contributed by atoms with Crippen LogP contribution in [0, 0.1) is 5.92 Å². The van der Waals surface area contributed by atoms with E-state index in [1.54, 1.807) is 17.4 Å². The molecule has 4 rings (SSSR count). The van der Waals surface area contributed by atoms with Gasteiger partial charge in [-0.3, -0.25) is 14.2 Å². The predicted octanol–water partition coefficient (Wildman–Crippen LogP) is 3.40. The van der Waals surface area contributed by atoms with E-state index in [4.69, 9.17) is 0 Å². The molecule has 0 bridgehead atoms. The highest BCUT2D eigenvalue weighted by Gasteiger charge is 2.23. The van der Waals surface area contributed by atoms with E-state index in [9.17, 15) is 9.59 Å². The van der Waals surface area contributed by atoms with Crippen molar-refractivity contribution in [3.8, 4) is 0 Å². The van der Waals surface area contributed by atoms with Gasteiger partial charge in [-0.15, -0.1) is 11.3 Å². The fourth-order valence-corrected chi connectivity index (χ4v) is 4.88. The fourth-order valence-electron chi connectivity index (χ4n) is 3.54. The summed E-state index contributed by atoms with van der Waals surface area (Å²) < 4.78 is 1.36. The first kappa shape index (κ1) is 19.3. The Morgan fingerprint density at radius 3 is 3.03 bits per heavy atom. The summed E-state index contributed by atoms with van der Waals surface area (Å²) in [5, 5.41) is 4.58. The first-order valence-electron chi connectivity index (χ1n) is 9.65. The molecule has 1 aliphatic rings. The Morgan fingerprint density at radius 2 is 2.21 bits per heavy atom. The second-order valence-electron chi connectivity index (χ2n) is 7.29. The maximum Gasteiger partial charge on any atom is 0.262 e. The summed E-state index contributed by atoms with van der Waals surface area (Å²) in [6.45, 7) is 2.13. The second kappa shape index (κ2) is 8.53. The molecule has 1 aliphatic carbocycles. The third kappa shape index (κ3) is 4.35. The van der Waals surface area contributed by atoms with Crippen molar-refractivity contribution in [3.05, 3.63) is 69.1 Å². The smallest absolute Gasteiger partial charge is 0.262 e. The minimum Gasteiger partial charge on any atom is -0.289 e. The van der Waals surface area contributed by atoms with Gasteiger partial charge in [-0.25, -0.2) is 10.4 Å². The Morgan fingerprint density at radius 1 is 1.38 bits per heavy atom. The molecule has 0 saturated carbocycles. The summed E-state index contributed by atoms with van der Waals surface area (Å²) >= 11 is 1.61. The summed E-state index contributed by atoms with van der Waals surface area (Å²) in [5.41, 5.74) is 4.47. The topological polar surface area (TPSA) is 76.3 Å². The average molecular weight is 407 g/mol. The first-order chi connectivity index (χ1) is 14.1. The number of benzene rings is 1. The van der Waals surface area contributed by atoms with E-state index >= 15 is 0 Å². The number of allylic oxidation sites excluding steroid dienone is 1. The van der Waals surface area contributed by atoms with Gasteiger partial charge in [-0.1, -0.05) is 43.3 Å². The van der Waals surface area contributed by atoms with Gasteiger partial charge in [0, 0.05) is 11.1 Å². The van der Waals surface area contributed by atoms with E-state index in [0.717, 1.165) is 35.2 Å². The van der Waals surface area contributed by atoms with Crippen molar-refractivity contribution >= 4 is 39.8 Å². The molecule has 1 aromatic carbocycles. The minimum absolute atomic E-state index is 0.109. The zero-order chi connectivity index (χ0) is 20.2. The number of hydrogen-bond acceptors (Lipinski definition) is 5. The number of thiophene rings is 1. The molecule has 7 heteroatoms. The van der Waals surface area contributed by atoms with Gasteiger partial charge < -0.3 is 0 Å². The molecular formula is C22H22N4O2S. The number of hydrogen-bond donors (Lipinski definition) is 1. The van der Waals surface area contributed by atoms with Crippen molar-refractivity contribution in [2.45, 2.75) is 32.7 Å². The number of rotatable bonds is 5. The first-order valence-corrected chi connectivity index (χ1v) is 10.5. The van der Waals surface area contributed by atoms with Gasteiger partial charge in [0.1, 0.15) is 11.4 Å². The Kier molecular flexibility index (Phi) is 5.67. The fraction of sp³-hybridized carbons (Fsp3) is 0.273. The lowest BCUT2D eigenvalue weighted by molar-refractivity contribution is -0.121. The normalized spacial score (nSPS) is 16.5. The van der Waals surface area contributed by atoms with E-state index in [-0.39, 0.29) is 18.0 Å². The Hall–Kier alpha value is -3.06. The summed E-state index contributed by atoms with van der Waals surface area (Å²) in [7, 11) is 0. The van der Waals surface area contributed by atoms with Crippen molar-refractivity contribution in [1.29, 1.82) is 0 Å². The Bertz CT molecular complexity index is 1140. The van der Waals surface area contributed by atoms with Crippen molar-refractivity contribution in [1.82, 2.24) is 15.0 Å². The highest BCUT2D eigenvalue weighted by Crippen LogP contribution is 2.35. The molecule has 29 heavy (non-hydrogen) atoms. The van der Waals surface area contributed by atoms with Gasteiger partial charge in [0.2, 0.25) is 0 Å². The van der Waals surface area contributed by atoms with Gasteiger partial charge in [-0.2, -0.15) is 5.10 Å². The number of fused-ring (bicyclic) bond motifs is 3. The lowest BCUT2D eigenvalue weighted by atomic mass is 9.89.